The lowest BCUT2D eigenvalue weighted by atomic mass is 10.3. The zero-order valence-electron chi connectivity index (χ0n) is 10.4. The number of benzene rings is 1. The lowest BCUT2D eigenvalue weighted by molar-refractivity contribution is -0.117. The molecule has 0 spiro atoms. The van der Waals surface area contributed by atoms with Gasteiger partial charge in [-0.1, -0.05) is 6.07 Å². The maximum atomic E-state index is 12.0. The molecule has 2 saturated carbocycles. The molecule has 0 aliphatic heterocycles. The molecule has 0 bridgehead atoms. The van der Waals surface area contributed by atoms with Gasteiger partial charge >= 0.3 is 0 Å². The molecule has 0 heterocycles. The first-order chi connectivity index (χ1) is 9.04. The normalized spacial score (nSPS) is 19.2. The lowest BCUT2D eigenvalue weighted by Crippen LogP contribution is -2.25. The zero-order chi connectivity index (χ0) is 13.5. The third-order valence-electron chi connectivity index (χ3n) is 3.26. The van der Waals surface area contributed by atoms with Gasteiger partial charge in [-0.3, -0.25) is 4.79 Å². The van der Waals surface area contributed by atoms with Crippen molar-refractivity contribution in [3.8, 4) is 0 Å². The average Bonchev–Trinajstić information content (AvgIpc) is 3.23. The van der Waals surface area contributed by atoms with Crippen LogP contribution in [-0.2, 0) is 14.8 Å². The van der Waals surface area contributed by atoms with Crippen molar-refractivity contribution in [2.45, 2.75) is 36.6 Å². The van der Waals surface area contributed by atoms with Crippen molar-refractivity contribution in [2.75, 3.05) is 5.32 Å². The second-order valence-corrected chi connectivity index (χ2v) is 6.90. The highest BCUT2D eigenvalue weighted by Crippen LogP contribution is 2.30. The third kappa shape index (κ3) is 3.13. The first-order valence-electron chi connectivity index (χ1n) is 6.48. The quantitative estimate of drug-likeness (QED) is 0.857. The molecule has 19 heavy (non-hydrogen) atoms. The summed E-state index contributed by atoms with van der Waals surface area (Å²) in [5, 5.41) is 2.75. The van der Waals surface area contributed by atoms with Crippen molar-refractivity contribution < 1.29 is 13.2 Å². The average molecular weight is 280 g/mol. The molecular formula is C13H16N2O3S. The van der Waals surface area contributed by atoms with Crippen LogP contribution in [0, 0.1) is 5.92 Å². The predicted octanol–water partition coefficient (Wildman–Crippen LogP) is 1.48. The minimum Gasteiger partial charge on any atom is -0.326 e. The van der Waals surface area contributed by atoms with E-state index in [4.69, 9.17) is 0 Å². The molecule has 2 N–H and O–H groups in total. The molecule has 5 nitrogen and oxygen atoms in total. The second kappa shape index (κ2) is 4.61. The molecule has 3 rings (SSSR count). The standard InChI is InChI=1S/C13H16N2O3S/c16-13(9-4-5-9)14-11-2-1-3-12(8-11)19(17,18)15-10-6-7-10/h1-3,8-10,15H,4-7H2,(H,14,16). The number of carbonyl (C=O) groups excluding carboxylic acids is 1. The minimum atomic E-state index is -3.46. The first kappa shape index (κ1) is 12.6. The number of hydrogen-bond donors (Lipinski definition) is 2. The van der Waals surface area contributed by atoms with Gasteiger partial charge in [-0.15, -0.1) is 0 Å². The van der Waals surface area contributed by atoms with Gasteiger partial charge in [-0.2, -0.15) is 0 Å². The number of hydrogen-bond acceptors (Lipinski definition) is 3. The fraction of sp³-hybridized carbons (Fsp3) is 0.462. The summed E-state index contributed by atoms with van der Waals surface area (Å²) in [6.07, 6.45) is 3.65. The maximum Gasteiger partial charge on any atom is 0.240 e. The smallest absolute Gasteiger partial charge is 0.240 e. The van der Waals surface area contributed by atoms with Gasteiger partial charge in [0.15, 0.2) is 0 Å². The van der Waals surface area contributed by atoms with Crippen LogP contribution in [-0.4, -0.2) is 20.4 Å². The van der Waals surface area contributed by atoms with Crippen LogP contribution in [0.2, 0.25) is 0 Å². The van der Waals surface area contributed by atoms with E-state index in [1.54, 1.807) is 12.1 Å². The van der Waals surface area contributed by atoms with Crippen molar-refractivity contribution in [1.29, 1.82) is 0 Å². The van der Waals surface area contributed by atoms with Gasteiger partial charge in [0.2, 0.25) is 15.9 Å². The Morgan fingerprint density at radius 1 is 1.16 bits per heavy atom. The van der Waals surface area contributed by atoms with E-state index >= 15 is 0 Å². The van der Waals surface area contributed by atoms with Crippen LogP contribution in [0.1, 0.15) is 25.7 Å². The van der Waals surface area contributed by atoms with Crippen molar-refractivity contribution in [2.24, 2.45) is 5.92 Å². The molecule has 0 atom stereocenters. The van der Waals surface area contributed by atoms with Gasteiger partial charge in [-0.05, 0) is 43.9 Å². The highest BCUT2D eigenvalue weighted by molar-refractivity contribution is 7.89. The number of rotatable bonds is 5. The molecule has 0 aromatic heterocycles. The fourth-order valence-electron chi connectivity index (χ4n) is 1.82. The Bertz CT molecular complexity index is 604. The van der Waals surface area contributed by atoms with Crippen molar-refractivity contribution >= 4 is 21.6 Å². The van der Waals surface area contributed by atoms with Crippen LogP contribution in [0.25, 0.3) is 0 Å². The van der Waals surface area contributed by atoms with E-state index in [1.165, 1.54) is 12.1 Å². The van der Waals surface area contributed by atoms with E-state index in [1.807, 2.05) is 0 Å². The first-order valence-corrected chi connectivity index (χ1v) is 7.96. The molecule has 2 fully saturated rings. The Labute approximate surface area is 112 Å². The van der Waals surface area contributed by atoms with Gasteiger partial charge in [0.25, 0.3) is 0 Å². The number of sulfonamides is 1. The lowest BCUT2D eigenvalue weighted by Gasteiger charge is -2.08. The third-order valence-corrected chi connectivity index (χ3v) is 4.78. The van der Waals surface area contributed by atoms with Gasteiger partial charge in [0, 0.05) is 17.6 Å². The number of anilines is 1. The molecule has 1 amide bonds. The van der Waals surface area contributed by atoms with Crippen molar-refractivity contribution in [3.63, 3.8) is 0 Å². The molecule has 6 heteroatoms. The van der Waals surface area contributed by atoms with E-state index < -0.39 is 10.0 Å². The Hall–Kier alpha value is -1.40. The maximum absolute atomic E-state index is 12.0. The molecule has 102 valence electrons. The summed E-state index contributed by atoms with van der Waals surface area (Å²) in [6, 6.07) is 6.47. The molecule has 2 aliphatic rings. The molecule has 1 aromatic rings. The number of nitrogens with one attached hydrogen (secondary N) is 2. The number of amides is 1. The van der Waals surface area contributed by atoms with E-state index in [0.717, 1.165) is 25.7 Å². The second-order valence-electron chi connectivity index (χ2n) is 5.19. The van der Waals surface area contributed by atoms with E-state index in [0.29, 0.717) is 5.69 Å². The van der Waals surface area contributed by atoms with Crippen LogP contribution in [0.3, 0.4) is 0 Å². The predicted molar refractivity (Wildman–Crippen MR) is 71.1 cm³/mol. The van der Waals surface area contributed by atoms with Gasteiger partial charge < -0.3 is 5.32 Å². The molecule has 0 unspecified atom stereocenters. The van der Waals surface area contributed by atoms with Crippen LogP contribution >= 0.6 is 0 Å². The zero-order valence-corrected chi connectivity index (χ0v) is 11.2. The highest BCUT2D eigenvalue weighted by atomic mass is 32.2. The Morgan fingerprint density at radius 2 is 1.89 bits per heavy atom. The summed E-state index contributed by atoms with van der Waals surface area (Å²) in [4.78, 5) is 11.8. The van der Waals surface area contributed by atoms with Crippen LogP contribution in [0.4, 0.5) is 5.69 Å². The summed E-state index contributed by atoms with van der Waals surface area (Å²) in [5.41, 5.74) is 0.538. The molecule has 0 saturated heterocycles. The van der Waals surface area contributed by atoms with Crippen LogP contribution in [0.5, 0.6) is 0 Å². The summed E-state index contributed by atoms with van der Waals surface area (Å²) in [6.45, 7) is 0. The highest BCUT2D eigenvalue weighted by Gasteiger charge is 2.30. The largest absolute Gasteiger partial charge is 0.326 e. The topological polar surface area (TPSA) is 75.3 Å². The number of carbonyl (C=O) groups is 1. The summed E-state index contributed by atoms with van der Waals surface area (Å²) in [5.74, 6) is 0.0783. The minimum absolute atomic E-state index is 0.0234. The SMILES string of the molecule is O=C(Nc1cccc(S(=O)(=O)NC2CC2)c1)C1CC1. The van der Waals surface area contributed by atoms with Gasteiger partial charge in [-0.25, -0.2) is 13.1 Å². The molecule has 0 radical (unpaired) electrons. The molecule has 1 aromatic carbocycles. The van der Waals surface area contributed by atoms with Gasteiger partial charge in [0.1, 0.15) is 0 Å². The van der Waals surface area contributed by atoms with Crippen molar-refractivity contribution in [1.82, 2.24) is 4.72 Å². The monoisotopic (exact) mass is 280 g/mol. The summed E-state index contributed by atoms with van der Waals surface area (Å²) >= 11 is 0. The van der Waals surface area contributed by atoms with Crippen LogP contribution in [0.15, 0.2) is 29.2 Å². The molecular weight excluding hydrogens is 264 g/mol. The molecule has 2 aliphatic carbocycles. The Kier molecular flexibility index (Phi) is 3.06. The summed E-state index contributed by atoms with van der Waals surface area (Å²) < 4.78 is 26.7. The van der Waals surface area contributed by atoms with Gasteiger partial charge in [0.05, 0.1) is 4.90 Å². The van der Waals surface area contributed by atoms with Crippen LogP contribution < -0.4 is 10.0 Å². The van der Waals surface area contributed by atoms with E-state index in [2.05, 4.69) is 10.0 Å². The Morgan fingerprint density at radius 3 is 2.53 bits per heavy atom. The summed E-state index contributed by atoms with van der Waals surface area (Å²) in [7, 11) is -3.46. The van der Waals surface area contributed by atoms with Crippen molar-refractivity contribution in [3.05, 3.63) is 24.3 Å². The van der Waals surface area contributed by atoms with E-state index in [-0.39, 0.29) is 22.8 Å². The Balaban J connectivity index is 1.76. The van der Waals surface area contributed by atoms with E-state index in [9.17, 15) is 13.2 Å². The fourth-order valence-corrected chi connectivity index (χ4v) is 3.17.